The summed E-state index contributed by atoms with van der Waals surface area (Å²) in [6.07, 6.45) is 1.22. The molecule has 0 bridgehead atoms. The number of nitrogens with zero attached hydrogens (tertiary/aromatic N) is 1. The van der Waals surface area contributed by atoms with Crippen molar-refractivity contribution in [3.05, 3.63) is 29.3 Å². The van der Waals surface area contributed by atoms with Crippen molar-refractivity contribution < 1.29 is 0 Å². The van der Waals surface area contributed by atoms with Crippen molar-refractivity contribution in [1.82, 2.24) is 5.32 Å². The Balaban J connectivity index is 2.49. The maximum atomic E-state index is 3.56. The topological polar surface area (TPSA) is 15.3 Å². The largest absolute Gasteiger partial charge is 0.365 e. The van der Waals surface area contributed by atoms with Crippen LogP contribution in [0.3, 0.4) is 0 Å². The highest BCUT2D eigenvalue weighted by atomic mass is 15.2. The summed E-state index contributed by atoms with van der Waals surface area (Å²) in [5.41, 5.74) is 4.52. The maximum absolute atomic E-state index is 3.56. The summed E-state index contributed by atoms with van der Waals surface area (Å²) in [5, 5.41) is 3.56. The molecule has 0 atom stereocenters. The molecule has 0 aliphatic carbocycles. The van der Waals surface area contributed by atoms with Crippen LogP contribution in [0.1, 0.15) is 51.2 Å². The third-order valence-electron chi connectivity index (χ3n) is 4.18. The van der Waals surface area contributed by atoms with E-state index < -0.39 is 0 Å². The SMILES string of the molecule is Cc1cccc(C(C)C)c1N1CCCNCC1(C)C. The van der Waals surface area contributed by atoms with Crippen molar-refractivity contribution in [3.63, 3.8) is 0 Å². The van der Waals surface area contributed by atoms with Crippen molar-refractivity contribution in [3.8, 4) is 0 Å². The molecule has 1 aromatic carbocycles. The predicted molar refractivity (Wildman–Crippen MR) is 84.2 cm³/mol. The van der Waals surface area contributed by atoms with E-state index in [9.17, 15) is 0 Å². The standard InChI is InChI=1S/C17H28N2/c1-13(2)15-9-6-8-14(3)16(15)19-11-7-10-18-12-17(19,4)5/h6,8-9,13,18H,7,10-12H2,1-5H3. The number of rotatable bonds is 2. The number of benzene rings is 1. The molecule has 0 saturated carbocycles. The molecule has 0 radical (unpaired) electrons. The summed E-state index contributed by atoms with van der Waals surface area (Å²) >= 11 is 0. The van der Waals surface area contributed by atoms with Crippen LogP contribution in [0.5, 0.6) is 0 Å². The monoisotopic (exact) mass is 260 g/mol. The van der Waals surface area contributed by atoms with Crippen LogP contribution in [0.15, 0.2) is 18.2 Å². The van der Waals surface area contributed by atoms with Gasteiger partial charge < -0.3 is 10.2 Å². The van der Waals surface area contributed by atoms with Crippen LogP contribution in [0.2, 0.25) is 0 Å². The highest BCUT2D eigenvalue weighted by molar-refractivity contribution is 5.62. The van der Waals surface area contributed by atoms with Crippen LogP contribution in [0, 0.1) is 6.92 Å². The molecule has 1 aromatic rings. The van der Waals surface area contributed by atoms with Gasteiger partial charge in [-0.1, -0.05) is 32.0 Å². The van der Waals surface area contributed by atoms with E-state index in [1.165, 1.54) is 23.2 Å². The Morgan fingerprint density at radius 3 is 2.68 bits per heavy atom. The fourth-order valence-corrected chi connectivity index (χ4v) is 3.09. The first kappa shape index (κ1) is 14.4. The van der Waals surface area contributed by atoms with E-state index in [-0.39, 0.29) is 5.54 Å². The molecule has 1 saturated heterocycles. The van der Waals surface area contributed by atoms with E-state index in [2.05, 4.69) is 63.0 Å². The minimum Gasteiger partial charge on any atom is -0.365 e. The molecule has 2 nitrogen and oxygen atoms in total. The lowest BCUT2D eigenvalue weighted by molar-refractivity contribution is 0.460. The van der Waals surface area contributed by atoms with Gasteiger partial charge >= 0.3 is 0 Å². The van der Waals surface area contributed by atoms with Crippen LogP contribution in [0.4, 0.5) is 5.69 Å². The molecule has 2 heteroatoms. The first-order valence-corrected chi connectivity index (χ1v) is 7.51. The van der Waals surface area contributed by atoms with Gasteiger partial charge in [-0.05, 0) is 50.8 Å². The first-order chi connectivity index (χ1) is 8.93. The van der Waals surface area contributed by atoms with Crippen LogP contribution >= 0.6 is 0 Å². The van der Waals surface area contributed by atoms with Crippen LogP contribution in [-0.4, -0.2) is 25.2 Å². The van der Waals surface area contributed by atoms with E-state index in [0.29, 0.717) is 5.92 Å². The fourth-order valence-electron chi connectivity index (χ4n) is 3.09. The highest BCUT2D eigenvalue weighted by Crippen LogP contribution is 2.35. The second-order valence-corrected chi connectivity index (χ2v) is 6.66. The van der Waals surface area contributed by atoms with Gasteiger partial charge in [-0.25, -0.2) is 0 Å². The Bertz CT molecular complexity index is 435. The summed E-state index contributed by atoms with van der Waals surface area (Å²) < 4.78 is 0. The second-order valence-electron chi connectivity index (χ2n) is 6.66. The lowest BCUT2D eigenvalue weighted by atomic mass is 9.93. The van der Waals surface area contributed by atoms with Crippen molar-refractivity contribution in [2.45, 2.75) is 52.5 Å². The predicted octanol–water partition coefficient (Wildman–Crippen LogP) is 3.70. The highest BCUT2D eigenvalue weighted by Gasteiger charge is 2.30. The molecule has 0 spiro atoms. The number of anilines is 1. The fraction of sp³-hybridized carbons (Fsp3) is 0.647. The molecule has 2 rings (SSSR count). The Morgan fingerprint density at radius 2 is 2.00 bits per heavy atom. The summed E-state index contributed by atoms with van der Waals surface area (Å²) in [5.74, 6) is 0.571. The molecule has 106 valence electrons. The van der Waals surface area contributed by atoms with Crippen molar-refractivity contribution >= 4 is 5.69 Å². The Kier molecular flexibility index (Phi) is 4.19. The Morgan fingerprint density at radius 1 is 1.26 bits per heavy atom. The summed E-state index contributed by atoms with van der Waals surface area (Å²) in [4.78, 5) is 2.62. The van der Waals surface area contributed by atoms with Crippen molar-refractivity contribution in [2.75, 3.05) is 24.5 Å². The molecule has 1 fully saturated rings. The normalized spacial score (nSPS) is 19.6. The van der Waals surface area contributed by atoms with Gasteiger partial charge in [0.2, 0.25) is 0 Å². The van der Waals surface area contributed by atoms with Gasteiger partial charge in [0.25, 0.3) is 0 Å². The zero-order valence-electron chi connectivity index (χ0n) is 13.1. The number of aryl methyl sites for hydroxylation is 1. The third kappa shape index (κ3) is 2.94. The van der Waals surface area contributed by atoms with Gasteiger partial charge in [0.15, 0.2) is 0 Å². The van der Waals surface area contributed by atoms with Crippen molar-refractivity contribution in [2.24, 2.45) is 0 Å². The van der Waals surface area contributed by atoms with Crippen LogP contribution in [-0.2, 0) is 0 Å². The van der Waals surface area contributed by atoms with Crippen molar-refractivity contribution in [1.29, 1.82) is 0 Å². The first-order valence-electron chi connectivity index (χ1n) is 7.51. The molecule has 0 aromatic heterocycles. The molecule has 1 heterocycles. The molecule has 1 N–H and O–H groups in total. The zero-order chi connectivity index (χ0) is 14.0. The van der Waals surface area contributed by atoms with E-state index in [1.54, 1.807) is 0 Å². The number of para-hydroxylation sites is 1. The number of hydrogen-bond donors (Lipinski definition) is 1. The van der Waals surface area contributed by atoms with Gasteiger partial charge in [0.05, 0.1) is 0 Å². The average molecular weight is 260 g/mol. The molecule has 0 unspecified atom stereocenters. The van der Waals surface area contributed by atoms with E-state index in [0.717, 1.165) is 19.6 Å². The van der Waals surface area contributed by atoms with E-state index in [4.69, 9.17) is 0 Å². The van der Waals surface area contributed by atoms with E-state index >= 15 is 0 Å². The smallest absolute Gasteiger partial charge is 0.0470 e. The molecule has 0 amide bonds. The lowest BCUT2D eigenvalue weighted by Gasteiger charge is -2.41. The molecule has 19 heavy (non-hydrogen) atoms. The van der Waals surface area contributed by atoms with Gasteiger partial charge in [0, 0.05) is 24.3 Å². The average Bonchev–Trinajstić information content (AvgIpc) is 2.50. The quantitative estimate of drug-likeness (QED) is 0.872. The number of hydrogen-bond acceptors (Lipinski definition) is 2. The minimum atomic E-state index is 0.173. The van der Waals surface area contributed by atoms with Gasteiger partial charge in [0.1, 0.15) is 0 Å². The van der Waals surface area contributed by atoms with Gasteiger partial charge in [-0.2, -0.15) is 0 Å². The molecule has 1 aliphatic rings. The van der Waals surface area contributed by atoms with Gasteiger partial charge in [-0.15, -0.1) is 0 Å². The molecular weight excluding hydrogens is 232 g/mol. The minimum absolute atomic E-state index is 0.173. The summed E-state index contributed by atoms with van der Waals surface area (Å²) in [7, 11) is 0. The molecule has 1 aliphatic heterocycles. The second kappa shape index (κ2) is 5.54. The summed E-state index contributed by atoms with van der Waals surface area (Å²) in [6, 6.07) is 6.73. The van der Waals surface area contributed by atoms with Gasteiger partial charge in [-0.3, -0.25) is 0 Å². The number of nitrogens with one attached hydrogen (secondary N) is 1. The Labute approximate surface area is 118 Å². The van der Waals surface area contributed by atoms with Crippen LogP contribution in [0.25, 0.3) is 0 Å². The Hall–Kier alpha value is -1.02. The third-order valence-corrected chi connectivity index (χ3v) is 4.18. The maximum Gasteiger partial charge on any atom is 0.0470 e. The summed E-state index contributed by atoms with van der Waals surface area (Å²) in [6.45, 7) is 14.9. The zero-order valence-corrected chi connectivity index (χ0v) is 13.1. The molecular formula is C17H28N2. The van der Waals surface area contributed by atoms with E-state index in [1.807, 2.05) is 0 Å². The van der Waals surface area contributed by atoms with Crippen LogP contribution < -0.4 is 10.2 Å². The lowest BCUT2D eigenvalue weighted by Crippen LogP contribution is -2.49.